The van der Waals surface area contributed by atoms with Gasteiger partial charge in [-0.3, -0.25) is 0 Å². The molecule has 1 N–H and O–H groups in total. The van der Waals surface area contributed by atoms with Gasteiger partial charge in [0.2, 0.25) is 0 Å². The summed E-state index contributed by atoms with van der Waals surface area (Å²) in [5.41, 5.74) is 0.692. The van der Waals surface area contributed by atoms with Gasteiger partial charge >= 0.3 is 5.97 Å². The minimum Gasteiger partial charge on any atom is -0.464 e. The number of carbonyl (C=O) groups excluding carboxylic acids is 1. The third-order valence-corrected chi connectivity index (χ3v) is 3.74. The third kappa shape index (κ3) is 4.80. The molecule has 1 aromatic rings. The minimum atomic E-state index is -1.38. The number of alkyl halides is 1. The van der Waals surface area contributed by atoms with E-state index in [-0.39, 0.29) is 0 Å². The number of aliphatic hydroxyl groups is 1. The van der Waals surface area contributed by atoms with Gasteiger partial charge in [0.25, 0.3) is 0 Å². The SMILES string of the molecule is CCCCCCOC(=O)[C@@H](O)[C@@](C)(Cl)c1ccccc1. The van der Waals surface area contributed by atoms with Gasteiger partial charge in [-0.25, -0.2) is 4.79 Å². The van der Waals surface area contributed by atoms with Gasteiger partial charge in [0, 0.05) is 0 Å². The van der Waals surface area contributed by atoms with E-state index in [0.717, 1.165) is 25.7 Å². The van der Waals surface area contributed by atoms with Crippen LogP contribution in [0.1, 0.15) is 45.1 Å². The van der Waals surface area contributed by atoms with E-state index in [0.29, 0.717) is 12.2 Å². The maximum absolute atomic E-state index is 11.8. The van der Waals surface area contributed by atoms with E-state index in [1.54, 1.807) is 19.1 Å². The lowest BCUT2D eigenvalue weighted by Crippen LogP contribution is -2.39. The first-order valence-corrected chi connectivity index (χ1v) is 7.47. The summed E-state index contributed by atoms with van der Waals surface area (Å²) in [5, 5.41) is 10.1. The lowest BCUT2D eigenvalue weighted by Gasteiger charge is -2.27. The second kappa shape index (κ2) is 8.28. The van der Waals surface area contributed by atoms with Gasteiger partial charge in [0.05, 0.1) is 6.61 Å². The lowest BCUT2D eigenvalue weighted by atomic mass is 9.94. The second-order valence-corrected chi connectivity index (χ2v) is 5.86. The predicted molar refractivity (Wildman–Crippen MR) is 80.8 cm³/mol. The van der Waals surface area contributed by atoms with Gasteiger partial charge < -0.3 is 9.84 Å². The van der Waals surface area contributed by atoms with Crippen molar-refractivity contribution < 1.29 is 14.6 Å². The molecule has 1 rings (SSSR count). The fourth-order valence-electron chi connectivity index (χ4n) is 1.92. The molecule has 0 fully saturated rings. The molecule has 0 aliphatic heterocycles. The first kappa shape index (κ1) is 17.0. The molecule has 112 valence electrons. The van der Waals surface area contributed by atoms with E-state index >= 15 is 0 Å². The smallest absolute Gasteiger partial charge is 0.337 e. The van der Waals surface area contributed by atoms with Crippen molar-refractivity contribution in [1.29, 1.82) is 0 Å². The van der Waals surface area contributed by atoms with Crippen LogP contribution in [0.5, 0.6) is 0 Å². The zero-order valence-electron chi connectivity index (χ0n) is 12.1. The molecule has 3 nitrogen and oxygen atoms in total. The Bertz CT molecular complexity index is 403. The Morgan fingerprint density at radius 2 is 1.95 bits per heavy atom. The maximum Gasteiger partial charge on any atom is 0.337 e. The zero-order valence-corrected chi connectivity index (χ0v) is 12.9. The highest BCUT2D eigenvalue weighted by atomic mass is 35.5. The van der Waals surface area contributed by atoms with Crippen LogP contribution >= 0.6 is 11.6 Å². The highest BCUT2D eigenvalue weighted by molar-refractivity contribution is 6.25. The Morgan fingerprint density at radius 3 is 2.55 bits per heavy atom. The highest BCUT2D eigenvalue weighted by Crippen LogP contribution is 2.32. The van der Waals surface area contributed by atoms with Crippen LogP contribution < -0.4 is 0 Å². The molecule has 0 bridgehead atoms. The van der Waals surface area contributed by atoms with Crippen molar-refractivity contribution in [1.82, 2.24) is 0 Å². The quantitative estimate of drug-likeness (QED) is 0.453. The van der Waals surface area contributed by atoms with Crippen LogP contribution in [0.3, 0.4) is 0 Å². The van der Waals surface area contributed by atoms with Crippen LogP contribution in [0, 0.1) is 0 Å². The Kier molecular flexibility index (Phi) is 7.03. The van der Waals surface area contributed by atoms with Crippen LogP contribution in [-0.4, -0.2) is 23.8 Å². The van der Waals surface area contributed by atoms with Crippen molar-refractivity contribution in [2.75, 3.05) is 6.61 Å². The first-order valence-electron chi connectivity index (χ1n) is 7.09. The van der Waals surface area contributed by atoms with Crippen molar-refractivity contribution in [2.45, 2.75) is 50.5 Å². The summed E-state index contributed by atoms with van der Waals surface area (Å²) in [6.07, 6.45) is 2.72. The largest absolute Gasteiger partial charge is 0.464 e. The maximum atomic E-state index is 11.8. The summed E-state index contributed by atoms with van der Waals surface area (Å²) in [6, 6.07) is 9.06. The third-order valence-electron chi connectivity index (χ3n) is 3.32. The topological polar surface area (TPSA) is 46.5 Å². The van der Waals surface area contributed by atoms with Gasteiger partial charge in [0.1, 0.15) is 4.87 Å². The molecule has 20 heavy (non-hydrogen) atoms. The van der Waals surface area contributed by atoms with Crippen LogP contribution in [0.4, 0.5) is 0 Å². The molecule has 0 radical (unpaired) electrons. The predicted octanol–water partition coefficient (Wildman–Crippen LogP) is 3.63. The summed E-state index contributed by atoms with van der Waals surface area (Å²) < 4.78 is 5.08. The lowest BCUT2D eigenvalue weighted by molar-refractivity contribution is -0.155. The monoisotopic (exact) mass is 298 g/mol. The fourth-order valence-corrected chi connectivity index (χ4v) is 2.14. The zero-order chi connectivity index (χ0) is 15.0. The molecule has 0 aliphatic carbocycles. The summed E-state index contributed by atoms with van der Waals surface area (Å²) in [6.45, 7) is 4.07. The molecular formula is C16H23ClO3. The number of hydrogen-bond acceptors (Lipinski definition) is 3. The van der Waals surface area contributed by atoms with Crippen molar-refractivity contribution in [3.8, 4) is 0 Å². The Hall–Kier alpha value is -1.06. The molecule has 0 spiro atoms. The van der Waals surface area contributed by atoms with E-state index in [9.17, 15) is 9.90 Å². The van der Waals surface area contributed by atoms with Crippen molar-refractivity contribution in [3.05, 3.63) is 35.9 Å². The average Bonchev–Trinajstić information content (AvgIpc) is 2.47. The van der Waals surface area contributed by atoms with Gasteiger partial charge in [0.15, 0.2) is 6.10 Å². The molecule has 2 atom stereocenters. The number of halogens is 1. The van der Waals surface area contributed by atoms with Gasteiger partial charge in [-0.05, 0) is 18.9 Å². The highest BCUT2D eigenvalue weighted by Gasteiger charge is 2.38. The van der Waals surface area contributed by atoms with E-state index in [1.807, 2.05) is 18.2 Å². The summed E-state index contributed by atoms with van der Waals surface area (Å²) in [4.78, 5) is 10.7. The Morgan fingerprint density at radius 1 is 1.30 bits per heavy atom. The van der Waals surface area contributed by atoms with Gasteiger partial charge in [-0.1, -0.05) is 56.5 Å². The number of rotatable bonds is 8. The summed E-state index contributed by atoms with van der Waals surface area (Å²) in [5.74, 6) is -0.664. The van der Waals surface area contributed by atoms with E-state index in [2.05, 4.69) is 6.92 Å². The fraction of sp³-hybridized carbons (Fsp3) is 0.562. The number of ether oxygens (including phenoxy) is 1. The molecule has 0 amide bonds. The van der Waals surface area contributed by atoms with Crippen molar-refractivity contribution >= 4 is 17.6 Å². The first-order chi connectivity index (χ1) is 9.50. The Labute approximate surface area is 125 Å². The number of aliphatic hydroxyl groups excluding tert-OH is 1. The number of carbonyl (C=O) groups is 1. The molecule has 0 saturated carbocycles. The van der Waals surface area contributed by atoms with Crippen LogP contribution in [0.25, 0.3) is 0 Å². The number of esters is 1. The van der Waals surface area contributed by atoms with Crippen LogP contribution in [0.15, 0.2) is 30.3 Å². The normalized spacial score (nSPS) is 15.4. The van der Waals surface area contributed by atoms with Crippen molar-refractivity contribution in [2.24, 2.45) is 0 Å². The average molecular weight is 299 g/mol. The molecule has 0 saturated heterocycles. The molecule has 1 aromatic carbocycles. The van der Waals surface area contributed by atoms with E-state index in [1.165, 1.54) is 0 Å². The van der Waals surface area contributed by atoms with E-state index in [4.69, 9.17) is 16.3 Å². The molecule has 0 heterocycles. The second-order valence-electron chi connectivity index (χ2n) is 5.07. The molecular weight excluding hydrogens is 276 g/mol. The Balaban J connectivity index is 2.51. The van der Waals surface area contributed by atoms with E-state index < -0.39 is 16.9 Å². The van der Waals surface area contributed by atoms with Crippen LogP contribution in [-0.2, 0) is 14.4 Å². The van der Waals surface area contributed by atoms with Crippen LogP contribution in [0.2, 0.25) is 0 Å². The molecule has 0 aliphatic rings. The minimum absolute atomic E-state index is 0.331. The van der Waals surface area contributed by atoms with Gasteiger partial charge in [-0.2, -0.15) is 0 Å². The summed E-state index contributed by atoms with van der Waals surface area (Å²) >= 11 is 6.32. The van der Waals surface area contributed by atoms with Gasteiger partial charge in [-0.15, -0.1) is 11.6 Å². The molecule has 0 aromatic heterocycles. The number of unbranched alkanes of at least 4 members (excludes halogenated alkanes) is 3. The number of hydrogen-bond donors (Lipinski definition) is 1. The van der Waals surface area contributed by atoms with Crippen molar-refractivity contribution in [3.63, 3.8) is 0 Å². The number of benzene rings is 1. The molecule has 0 unspecified atom stereocenters. The molecule has 4 heteroatoms. The standard InChI is InChI=1S/C16H23ClO3/c1-3-4-5-9-12-20-15(19)14(18)16(2,17)13-10-7-6-8-11-13/h6-8,10-11,14,18H,3-5,9,12H2,1-2H3/t14-,16+/m1/s1. The summed E-state index contributed by atoms with van der Waals surface area (Å²) in [7, 11) is 0.